The van der Waals surface area contributed by atoms with Crippen molar-refractivity contribution < 1.29 is 4.42 Å². The minimum absolute atomic E-state index is 0.263. The number of anilines is 3. The maximum absolute atomic E-state index is 6.95. The standard InChI is InChI=1S/C55H43NO/c1-3-4-8-17-39(2)48-37-32-45(38-52(48)44-22-13-7-14-23-44)42-30-35-47(36-31-42)56(46-33-28-41(29-34-46)40-18-9-5-10-19-40)53-27-16-26-51-50-25-15-24-49(54(50)57-55(51)53)43-20-11-6-12-21-43/h3-39H,1-2H3/b4-3-,17-8-. The summed E-state index contributed by atoms with van der Waals surface area (Å²) in [6.07, 6.45) is 8.56. The molecule has 57 heavy (non-hydrogen) atoms. The van der Waals surface area contributed by atoms with Crippen LogP contribution in [0.1, 0.15) is 25.3 Å². The molecule has 9 aromatic rings. The van der Waals surface area contributed by atoms with Crippen molar-refractivity contribution in [3.05, 3.63) is 224 Å². The van der Waals surface area contributed by atoms with E-state index in [-0.39, 0.29) is 5.92 Å². The molecule has 0 aliphatic carbocycles. The Morgan fingerprint density at radius 2 is 0.947 bits per heavy atom. The zero-order valence-corrected chi connectivity index (χ0v) is 32.2. The molecular formula is C55H43NO. The van der Waals surface area contributed by atoms with E-state index in [1.807, 2.05) is 6.92 Å². The number of hydrogen-bond donors (Lipinski definition) is 0. The molecule has 0 aliphatic heterocycles. The Bertz CT molecular complexity index is 2830. The smallest absolute Gasteiger partial charge is 0.159 e. The Morgan fingerprint density at radius 3 is 1.56 bits per heavy atom. The zero-order chi connectivity index (χ0) is 38.6. The van der Waals surface area contributed by atoms with Gasteiger partial charge in [0.1, 0.15) is 5.58 Å². The van der Waals surface area contributed by atoms with Crippen LogP contribution in [0.25, 0.3) is 66.4 Å². The largest absolute Gasteiger partial charge is 0.453 e. The lowest BCUT2D eigenvalue weighted by Gasteiger charge is -2.26. The summed E-state index contributed by atoms with van der Waals surface area (Å²) in [5.41, 5.74) is 15.5. The number of para-hydroxylation sites is 2. The van der Waals surface area contributed by atoms with Crippen molar-refractivity contribution in [1.82, 2.24) is 0 Å². The van der Waals surface area contributed by atoms with E-state index in [2.05, 4.69) is 230 Å². The quantitative estimate of drug-likeness (QED) is 0.130. The summed E-state index contributed by atoms with van der Waals surface area (Å²) in [5, 5.41) is 2.19. The first-order valence-electron chi connectivity index (χ1n) is 19.7. The third-order valence-electron chi connectivity index (χ3n) is 10.9. The normalized spacial score (nSPS) is 12.2. The highest BCUT2D eigenvalue weighted by Gasteiger charge is 2.21. The van der Waals surface area contributed by atoms with Gasteiger partial charge in [-0.15, -0.1) is 0 Å². The van der Waals surface area contributed by atoms with Crippen molar-refractivity contribution in [3.63, 3.8) is 0 Å². The molecule has 1 unspecified atom stereocenters. The van der Waals surface area contributed by atoms with Crippen molar-refractivity contribution in [2.75, 3.05) is 4.90 Å². The van der Waals surface area contributed by atoms with Gasteiger partial charge in [-0.2, -0.15) is 0 Å². The van der Waals surface area contributed by atoms with E-state index < -0.39 is 0 Å². The SMILES string of the molecule is C/C=C\C=C/C(C)c1ccc(-c2ccc(N(c3ccc(-c4ccccc4)cc3)c3cccc4c3oc3c(-c5ccccc5)cccc34)cc2)cc1-c1ccccc1. The van der Waals surface area contributed by atoms with Crippen LogP contribution in [0, 0.1) is 0 Å². The molecule has 0 saturated carbocycles. The Balaban J connectivity index is 1.16. The molecule has 274 valence electrons. The fraction of sp³-hybridized carbons (Fsp3) is 0.0545. The molecule has 0 fully saturated rings. The first-order valence-corrected chi connectivity index (χ1v) is 19.7. The molecule has 0 N–H and O–H groups in total. The molecule has 1 atom stereocenters. The average Bonchev–Trinajstić information content (AvgIpc) is 3.68. The Morgan fingerprint density at radius 1 is 0.439 bits per heavy atom. The topological polar surface area (TPSA) is 16.4 Å². The zero-order valence-electron chi connectivity index (χ0n) is 32.2. The molecule has 0 saturated heterocycles. The number of rotatable bonds is 10. The summed E-state index contributed by atoms with van der Waals surface area (Å²) >= 11 is 0. The molecule has 2 heteroatoms. The molecule has 8 aromatic carbocycles. The van der Waals surface area contributed by atoms with Gasteiger partial charge < -0.3 is 9.32 Å². The number of benzene rings is 8. The average molecular weight is 734 g/mol. The van der Waals surface area contributed by atoms with Gasteiger partial charge in [0.15, 0.2) is 5.58 Å². The lowest BCUT2D eigenvalue weighted by Crippen LogP contribution is -2.10. The predicted molar refractivity (Wildman–Crippen MR) is 243 cm³/mol. The van der Waals surface area contributed by atoms with Crippen LogP contribution in [0.3, 0.4) is 0 Å². The van der Waals surface area contributed by atoms with Crippen LogP contribution in [0.5, 0.6) is 0 Å². The Labute approximate surface area is 335 Å². The lowest BCUT2D eigenvalue weighted by molar-refractivity contribution is 0.670. The van der Waals surface area contributed by atoms with Crippen LogP contribution in [0.2, 0.25) is 0 Å². The van der Waals surface area contributed by atoms with Crippen LogP contribution in [0.15, 0.2) is 223 Å². The minimum atomic E-state index is 0.263. The maximum Gasteiger partial charge on any atom is 0.159 e. The van der Waals surface area contributed by atoms with Crippen molar-refractivity contribution >= 4 is 39.0 Å². The molecule has 0 aliphatic rings. The number of nitrogens with zero attached hydrogens (tertiary/aromatic N) is 1. The molecule has 0 bridgehead atoms. The highest BCUT2D eigenvalue weighted by atomic mass is 16.3. The van der Waals surface area contributed by atoms with Crippen molar-refractivity contribution in [2.24, 2.45) is 0 Å². The van der Waals surface area contributed by atoms with Gasteiger partial charge >= 0.3 is 0 Å². The van der Waals surface area contributed by atoms with Crippen molar-refractivity contribution in [3.8, 4) is 44.5 Å². The second kappa shape index (κ2) is 15.9. The van der Waals surface area contributed by atoms with E-state index in [0.29, 0.717) is 0 Å². The summed E-state index contributed by atoms with van der Waals surface area (Å²) < 4.78 is 6.95. The van der Waals surface area contributed by atoms with Crippen LogP contribution >= 0.6 is 0 Å². The van der Waals surface area contributed by atoms with Crippen LogP contribution < -0.4 is 4.90 Å². The predicted octanol–water partition coefficient (Wildman–Crippen LogP) is 16.0. The van der Waals surface area contributed by atoms with Gasteiger partial charge in [-0.05, 0) is 93.7 Å². The van der Waals surface area contributed by atoms with Gasteiger partial charge in [-0.25, -0.2) is 0 Å². The van der Waals surface area contributed by atoms with E-state index in [9.17, 15) is 0 Å². The van der Waals surface area contributed by atoms with E-state index in [4.69, 9.17) is 4.42 Å². The summed E-state index contributed by atoms with van der Waals surface area (Å²) in [5.74, 6) is 0.263. The summed E-state index contributed by atoms with van der Waals surface area (Å²) in [6, 6.07) is 69.4. The molecule has 1 aromatic heterocycles. The fourth-order valence-corrected chi connectivity index (χ4v) is 7.94. The van der Waals surface area contributed by atoms with Gasteiger partial charge in [0.25, 0.3) is 0 Å². The summed E-state index contributed by atoms with van der Waals surface area (Å²) in [4.78, 5) is 2.32. The van der Waals surface area contributed by atoms with Crippen LogP contribution in [0.4, 0.5) is 17.1 Å². The maximum atomic E-state index is 6.95. The highest BCUT2D eigenvalue weighted by Crippen LogP contribution is 2.45. The molecule has 0 spiro atoms. The van der Waals surface area contributed by atoms with Gasteiger partial charge in [0.2, 0.25) is 0 Å². The van der Waals surface area contributed by atoms with E-state index in [0.717, 1.165) is 55.7 Å². The fourth-order valence-electron chi connectivity index (χ4n) is 7.94. The number of furan rings is 1. The summed E-state index contributed by atoms with van der Waals surface area (Å²) in [6.45, 7) is 4.31. The second-order valence-corrected chi connectivity index (χ2v) is 14.5. The van der Waals surface area contributed by atoms with E-state index in [1.165, 1.54) is 33.4 Å². The van der Waals surface area contributed by atoms with Crippen molar-refractivity contribution in [1.29, 1.82) is 0 Å². The third-order valence-corrected chi connectivity index (χ3v) is 10.9. The lowest BCUT2D eigenvalue weighted by atomic mass is 9.88. The van der Waals surface area contributed by atoms with Crippen LogP contribution in [-0.4, -0.2) is 0 Å². The third kappa shape index (κ3) is 7.10. The number of hydrogen-bond acceptors (Lipinski definition) is 2. The molecule has 9 rings (SSSR count). The Kier molecular flexibility index (Phi) is 9.91. The first kappa shape index (κ1) is 35.5. The molecule has 0 amide bonds. The van der Waals surface area contributed by atoms with Gasteiger partial charge in [0, 0.05) is 27.7 Å². The van der Waals surface area contributed by atoms with E-state index >= 15 is 0 Å². The molecule has 2 nitrogen and oxygen atoms in total. The summed E-state index contributed by atoms with van der Waals surface area (Å²) in [7, 11) is 0. The highest BCUT2D eigenvalue weighted by molar-refractivity contribution is 6.13. The Hall–Kier alpha value is -7.16. The van der Waals surface area contributed by atoms with E-state index in [1.54, 1.807) is 0 Å². The molecule has 0 radical (unpaired) electrons. The molecular weight excluding hydrogens is 691 g/mol. The van der Waals surface area contributed by atoms with Crippen LogP contribution in [-0.2, 0) is 0 Å². The number of fused-ring (bicyclic) bond motifs is 3. The van der Waals surface area contributed by atoms with Gasteiger partial charge in [-0.1, -0.05) is 189 Å². The number of allylic oxidation sites excluding steroid dienone is 4. The monoisotopic (exact) mass is 733 g/mol. The van der Waals surface area contributed by atoms with Gasteiger partial charge in [0.05, 0.1) is 5.69 Å². The molecule has 1 heterocycles. The second-order valence-electron chi connectivity index (χ2n) is 14.5. The van der Waals surface area contributed by atoms with Crippen molar-refractivity contribution in [2.45, 2.75) is 19.8 Å². The minimum Gasteiger partial charge on any atom is -0.453 e. The van der Waals surface area contributed by atoms with Gasteiger partial charge in [-0.3, -0.25) is 0 Å². The first-order chi connectivity index (χ1) is 28.2.